The minimum Gasteiger partial charge on any atom is -0.507 e. The summed E-state index contributed by atoms with van der Waals surface area (Å²) in [6.07, 6.45) is 1.99. The Balaban J connectivity index is 1.57. The molecule has 6 nitrogen and oxygen atoms in total. The van der Waals surface area contributed by atoms with E-state index < -0.39 is 0 Å². The average molecular weight is 393 g/mol. The van der Waals surface area contributed by atoms with E-state index in [1.165, 1.54) is 18.2 Å². The zero-order valence-corrected chi connectivity index (χ0v) is 16.3. The molecule has 1 fully saturated rings. The van der Waals surface area contributed by atoms with Gasteiger partial charge in [-0.3, -0.25) is 9.59 Å². The Morgan fingerprint density at radius 1 is 1.17 bits per heavy atom. The number of nitrogens with zero attached hydrogens (tertiary/aromatic N) is 1. The van der Waals surface area contributed by atoms with Crippen molar-refractivity contribution in [3.63, 3.8) is 0 Å². The summed E-state index contributed by atoms with van der Waals surface area (Å²) in [5, 5.41) is 10.4. The topological polar surface area (TPSA) is 80.0 Å². The molecular formula is C23H23NO5. The molecule has 2 aromatic carbocycles. The number of aromatic hydroxyl groups is 1. The van der Waals surface area contributed by atoms with Gasteiger partial charge in [0.15, 0.2) is 12.0 Å². The molecule has 1 amide bonds. The van der Waals surface area contributed by atoms with Crippen LogP contribution in [0, 0.1) is 5.92 Å². The number of hydrogen-bond acceptors (Lipinski definition) is 5. The lowest BCUT2D eigenvalue weighted by atomic mass is 9.99. The largest absolute Gasteiger partial charge is 0.507 e. The summed E-state index contributed by atoms with van der Waals surface area (Å²) in [6.45, 7) is 3.54. The van der Waals surface area contributed by atoms with Crippen molar-refractivity contribution in [3.05, 3.63) is 58.8 Å². The van der Waals surface area contributed by atoms with E-state index in [0.717, 1.165) is 31.5 Å². The highest BCUT2D eigenvalue weighted by Crippen LogP contribution is 2.31. The van der Waals surface area contributed by atoms with Crippen molar-refractivity contribution in [1.29, 1.82) is 0 Å². The monoisotopic (exact) mass is 393 g/mol. The lowest BCUT2D eigenvalue weighted by Gasteiger charge is -2.30. The number of likely N-dealkylation sites (tertiary alicyclic amines) is 1. The first-order chi connectivity index (χ1) is 14.0. The highest BCUT2D eigenvalue weighted by atomic mass is 16.5. The maximum Gasteiger partial charge on any atom is 0.260 e. The van der Waals surface area contributed by atoms with Crippen LogP contribution in [0.3, 0.4) is 0 Å². The van der Waals surface area contributed by atoms with Gasteiger partial charge in [-0.2, -0.15) is 0 Å². The Morgan fingerprint density at radius 3 is 2.62 bits per heavy atom. The maximum absolute atomic E-state index is 12.5. The third-order valence-electron chi connectivity index (χ3n) is 5.34. The predicted octanol–water partition coefficient (Wildman–Crippen LogP) is 3.80. The molecule has 3 aromatic rings. The Bertz CT molecular complexity index is 1080. The third kappa shape index (κ3) is 4.11. The quantitative estimate of drug-likeness (QED) is 0.729. The van der Waals surface area contributed by atoms with Crippen molar-refractivity contribution >= 4 is 16.9 Å². The van der Waals surface area contributed by atoms with Crippen LogP contribution in [0.5, 0.6) is 11.5 Å². The summed E-state index contributed by atoms with van der Waals surface area (Å²) in [7, 11) is 0. The van der Waals surface area contributed by atoms with Crippen LogP contribution in [0.1, 0.15) is 19.8 Å². The molecule has 2 heterocycles. The number of hydrogen-bond donors (Lipinski definition) is 1. The predicted molar refractivity (Wildman–Crippen MR) is 110 cm³/mol. The van der Waals surface area contributed by atoms with Gasteiger partial charge in [-0.25, -0.2) is 0 Å². The Hall–Kier alpha value is -3.28. The van der Waals surface area contributed by atoms with Crippen molar-refractivity contribution in [1.82, 2.24) is 4.90 Å². The van der Waals surface area contributed by atoms with Crippen molar-refractivity contribution in [2.45, 2.75) is 19.8 Å². The smallest absolute Gasteiger partial charge is 0.260 e. The van der Waals surface area contributed by atoms with E-state index in [9.17, 15) is 14.7 Å². The molecule has 1 saturated heterocycles. The summed E-state index contributed by atoms with van der Waals surface area (Å²) < 4.78 is 11.5. The van der Waals surface area contributed by atoms with Gasteiger partial charge in [-0.15, -0.1) is 0 Å². The molecule has 0 saturated carbocycles. The Labute approximate surface area is 168 Å². The fourth-order valence-electron chi connectivity index (χ4n) is 3.57. The second kappa shape index (κ2) is 7.99. The number of phenols is 1. The standard InChI is InChI=1S/C23H23NO5/c1-15-7-9-24(10-8-15)22(27)14-28-17-11-18(25)23-19(26)13-20(29-21(23)12-17)16-5-3-2-4-6-16/h2-6,11-13,15,25H,7-10,14H2,1H3. The number of benzene rings is 2. The number of carbonyl (C=O) groups excluding carboxylic acids is 1. The number of amides is 1. The molecule has 1 aliphatic heterocycles. The molecule has 1 N–H and O–H groups in total. The first-order valence-corrected chi connectivity index (χ1v) is 9.78. The van der Waals surface area contributed by atoms with Gasteiger partial charge in [0, 0.05) is 36.9 Å². The number of rotatable bonds is 4. The number of piperidine rings is 1. The first-order valence-electron chi connectivity index (χ1n) is 9.78. The fourth-order valence-corrected chi connectivity index (χ4v) is 3.57. The molecule has 150 valence electrons. The molecule has 0 spiro atoms. The van der Waals surface area contributed by atoms with Gasteiger partial charge in [0.1, 0.15) is 28.2 Å². The van der Waals surface area contributed by atoms with E-state index in [-0.39, 0.29) is 40.4 Å². The summed E-state index contributed by atoms with van der Waals surface area (Å²) in [5.41, 5.74) is 0.630. The summed E-state index contributed by atoms with van der Waals surface area (Å²) in [6, 6.07) is 13.5. The van der Waals surface area contributed by atoms with Crippen LogP contribution < -0.4 is 10.2 Å². The van der Waals surface area contributed by atoms with E-state index in [1.54, 1.807) is 4.90 Å². The van der Waals surface area contributed by atoms with Gasteiger partial charge in [0.2, 0.25) is 0 Å². The zero-order valence-electron chi connectivity index (χ0n) is 16.3. The molecule has 29 heavy (non-hydrogen) atoms. The van der Waals surface area contributed by atoms with Gasteiger partial charge >= 0.3 is 0 Å². The van der Waals surface area contributed by atoms with Crippen LogP contribution in [0.15, 0.2) is 57.7 Å². The van der Waals surface area contributed by atoms with Crippen LogP contribution in [0.4, 0.5) is 0 Å². The van der Waals surface area contributed by atoms with Crippen molar-refractivity contribution in [2.75, 3.05) is 19.7 Å². The number of phenolic OH excluding ortho intramolecular Hbond substituents is 1. The molecule has 0 bridgehead atoms. The summed E-state index contributed by atoms with van der Waals surface area (Å²) >= 11 is 0. The molecule has 1 aromatic heterocycles. The van der Waals surface area contributed by atoms with Crippen LogP contribution in [-0.4, -0.2) is 35.6 Å². The normalized spacial score (nSPS) is 14.9. The SMILES string of the molecule is CC1CCN(C(=O)COc2cc(O)c3c(=O)cc(-c4ccccc4)oc3c2)CC1. The minimum absolute atomic E-state index is 0.0871. The number of fused-ring (bicyclic) bond motifs is 1. The lowest BCUT2D eigenvalue weighted by Crippen LogP contribution is -2.40. The molecule has 0 aliphatic carbocycles. The third-order valence-corrected chi connectivity index (χ3v) is 5.34. The summed E-state index contributed by atoms with van der Waals surface area (Å²) in [5.74, 6) is 1.00. The second-order valence-corrected chi connectivity index (χ2v) is 7.51. The van der Waals surface area contributed by atoms with Gasteiger partial charge in [0.05, 0.1) is 0 Å². The van der Waals surface area contributed by atoms with Gasteiger partial charge in [-0.1, -0.05) is 37.3 Å². The van der Waals surface area contributed by atoms with Crippen molar-refractivity contribution < 1.29 is 19.1 Å². The number of ether oxygens (including phenoxy) is 1. The van der Waals surface area contributed by atoms with Crippen molar-refractivity contribution in [2.24, 2.45) is 5.92 Å². The van der Waals surface area contributed by atoms with Crippen molar-refractivity contribution in [3.8, 4) is 22.8 Å². The average Bonchev–Trinajstić information content (AvgIpc) is 2.72. The molecule has 0 unspecified atom stereocenters. The molecule has 6 heteroatoms. The van der Waals surface area contributed by atoms with E-state index in [4.69, 9.17) is 9.15 Å². The minimum atomic E-state index is -0.340. The van der Waals surface area contributed by atoms with Gasteiger partial charge in [-0.05, 0) is 18.8 Å². The van der Waals surface area contributed by atoms with Crippen LogP contribution in [0.2, 0.25) is 0 Å². The van der Waals surface area contributed by atoms with E-state index in [0.29, 0.717) is 11.7 Å². The van der Waals surface area contributed by atoms with E-state index in [2.05, 4.69) is 6.92 Å². The maximum atomic E-state index is 12.5. The highest BCUT2D eigenvalue weighted by molar-refractivity contribution is 5.86. The zero-order chi connectivity index (χ0) is 20.4. The van der Waals surface area contributed by atoms with Crippen LogP contribution in [0.25, 0.3) is 22.3 Å². The van der Waals surface area contributed by atoms with Crippen LogP contribution in [-0.2, 0) is 4.79 Å². The van der Waals surface area contributed by atoms with E-state index >= 15 is 0 Å². The molecule has 0 radical (unpaired) electrons. The van der Waals surface area contributed by atoms with Gasteiger partial charge in [0.25, 0.3) is 5.91 Å². The Morgan fingerprint density at radius 2 is 1.90 bits per heavy atom. The second-order valence-electron chi connectivity index (χ2n) is 7.51. The van der Waals surface area contributed by atoms with E-state index in [1.807, 2.05) is 30.3 Å². The lowest BCUT2D eigenvalue weighted by molar-refractivity contribution is -0.134. The Kier molecular flexibility index (Phi) is 5.25. The molecule has 1 aliphatic rings. The fraction of sp³-hybridized carbons (Fsp3) is 0.304. The summed E-state index contributed by atoms with van der Waals surface area (Å²) in [4.78, 5) is 26.7. The highest BCUT2D eigenvalue weighted by Gasteiger charge is 2.21. The molecule has 4 rings (SSSR count). The first kappa shape index (κ1) is 19.1. The number of carbonyl (C=O) groups is 1. The van der Waals surface area contributed by atoms with Crippen LogP contribution >= 0.6 is 0 Å². The molecule has 0 atom stereocenters. The van der Waals surface area contributed by atoms with Gasteiger partial charge < -0.3 is 19.2 Å². The molecular weight excluding hydrogens is 370 g/mol.